The molecule has 0 radical (unpaired) electrons. The maximum absolute atomic E-state index is 12.6. The molecule has 3 aromatic rings. The summed E-state index contributed by atoms with van der Waals surface area (Å²) in [5, 5.41) is 6.85. The van der Waals surface area contributed by atoms with Gasteiger partial charge < -0.3 is 19.7 Å². The molecule has 1 aromatic carbocycles. The number of nitrogens with zero attached hydrogens (tertiary/aromatic N) is 4. The highest BCUT2D eigenvalue weighted by Gasteiger charge is 2.24. The van der Waals surface area contributed by atoms with E-state index in [4.69, 9.17) is 9.47 Å². The number of benzene rings is 1. The average Bonchev–Trinajstić information content (AvgIpc) is 3.20. The lowest BCUT2D eigenvalue weighted by Gasteiger charge is -2.29. The number of ether oxygens (including phenoxy) is 2. The Morgan fingerprint density at radius 2 is 2.00 bits per heavy atom. The number of fused-ring (bicyclic) bond motifs is 1. The molecule has 3 heterocycles. The molecule has 0 aliphatic carbocycles. The van der Waals surface area contributed by atoms with E-state index in [2.05, 4.69) is 15.4 Å². The Hall–Kier alpha value is -3.88. The van der Waals surface area contributed by atoms with Gasteiger partial charge in [-0.1, -0.05) is 18.2 Å². The highest BCUT2D eigenvalue weighted by Crippen LogP contribution is 2.30. The van der Waals surface area contributed by atoms with Crippen LogP contribution in [0.25, 0.3) is 0 Å². The topological polar surface area (TPSA) is 98.6 Å². The maximum atomic E-state index is 12.6. The second-order valence-electron chi connectivity index (χ2n) is 6.87. The lowest BCUT2D eigenvalue weighted by atomic mass is 10.2. The number of amides is 2. The van der Waals surface area contributed by atoms with Crippen molar-refractivity contribution in [2.45, 2.75) is 12.6 Å². The summed E-state index contributed by atoms with van der Waals surface area (Å²) in [6.07, 6.45) is 4.39. The van der Waals surface area contributed by atoms with Crippen LogP contribution in [0.2, 0.25) is 0 Å². The van der Waals surface area contributed by atoms with Crippen molar-refractivity contribution in [2.75, 3.05) is 25.5 Å². The smallest absolute Gasteiger partial charge is 0.274 e. The molecule has 0 spiro atoms. The minimum absolute atomic E-state index is 0.0418. The third-order valence-corrected chi connectivity index (χ3v) is 4.56. The minimum Gasteiger partial charge on any atom is -0.486 e. The molecule has 1 atom stereocenters. The van der Waals surface area contributed by atoms with Crippen LogP contribution in [-0.4, -0.2) is 57.8 Å². The van der Waals surface area contributed by atoms with Crippen molar-refractivity contribution >= 4 is 17.5 Å². The van der Waals surface area contributed by atoms with E-state index < -0.39 is 0 Å². The van der Waals surface area contributed by atoms with Gasteiger partial charge in [-0.05, 0) is 24.3 Å². The van der Waals surface area contributed by atoms with Crippen LogP contribution in [0.5, 0.6) is 11.5 Å². The van der Waals surface area contributed by atoms with Gasteiger partial charge in [-0.15, -0.1) is 0 Å². The van der Waals surface area contributed by atoms with Crippen molar-refractivity contribution in [3.63, 3.8) is 0 Å². The third-order valence-electron chi connectivity index (χ3n) is 4.56. The first-order chi connectivity index (χ1) is 14.6. The second kappa shape index (κ2) is 8.64. The lowest BCUT2D eigenvalue weighted by molar-refractivity contribution is -0.132. The molecule has 9 heteroatoms. The molecule has 2 amide bonds. The fraction of sp³-hybridized carbons (Fsp3) is 0.238. The van der Waals surface area contributed by atoms with E-state index in [9.17, 15) is 9.59 Å². The van der Waals surface area contributed by atoms with Crippen molar-refractivity contribution < 1.29 is 19.1 Å². The second-order valence-corrected chi connectivity index (χ2v) is 6.87. The fourth-order valence-corrected chi connectivity index (χ4v) is 3.03. The van der Waals surface area contributed by atoms with Gasteiger partial charge in [0.2, 0.25) is 5.91 Å². The molecule has 0 unspecified atom stereocenters. The highest BCUT2D eigenvalue weighted by atomic mass is 16.6. The monoisotopic (exact) mass is 407 g/mol. The zero-order valence-electron chi connectivity index (χ0n) is 16.4. The first kappa shape index (κ1) is 19.4. The Balaban J connectivity index is 1.29. The molecule has 9 nitrogen and oxygen atoms in total. The maximum Gasteiger partial charge on any atom is 0.274 e. The summed E-state index contributed by atoms with van der Waals surface area (Å²) in [7, 11) is 1.71. The molecule has 1 aliphatic heterocycles. The molecule has 2 aromatic heterocycles. The van der Waals surface area contributed by atoms with Gasteiger partial charge in [0.1, 0.15) is 18.8 Å². The van der Waals surface area contributed by atoms with Gasteiger partial charge in [0.15, 0.2) is 17.6 Å². The summed E-state index contributed by atoms with van der Waals surface area (Å²) in [5.41, 5.74) is 0.791. The van der Waals surface area contributed by atoms with Gasteiger partial charge in [0.25, 0.3) is 5.91 Å². The molecule has 30 heavy (non-hydrogen) atoms. The standard InChI is InChI=1S/C21H21N5O4/c1-25(12-16-14-29-18-7-2-3-8-19(18)30-16)20(27)13-26-11-15(10-23-26)24-21(28)17-6-4-5-9-22-17/h2-11,16H,12-14H2,1H3,(H,24,28)/t16-/m1/s1. The van der Waals surface area contributed by atoms with Crippen LogP contribution in [0, 0.1) is 0 Å². The summed E-state index contributed by atoms with van der Waals surface area (Å²) in [6, 6.07) is 12.5. The number of aromatic nitrogens is 3. The Labute approximate surface area is 173 Å². The van der Waals surface area contributed by atoms with Crippen molar-refractivity contribution in [1.82, 2.24) is 19.7 Å². The average molecular weight is 407 g/mol. The fourth-order valence-electron chi connectivity index (χ4n) is 3.03. The zero-order chi connectivity index (χ0) is 20.9. The Kier molecular flexibility index (Phi) is 5.60. The van der Waals surface area contributed by atoms with Crippen LogP contribution < -0.4 is 14.8 Å². The van der Waals surface area contributed by atoms with Gasteiger partial charge in [0, 0.05) is 19.4 Å². The normalized spacial score (nSPS) is 14.8. The largest absolute Gasteiger partial charge is 0.486 e. The molecule has 1 aliphatic rings. The molecular formula is C21H21N5O4. The minimum atomic E-state index is -0.340. The van der Waals surface area contributed by atoms with Crippen molar-refractivity contribution in [3.05, 3.63) is 66.7 Å². The molecular weight excluding hydrogens is 386 g/mol. The predicted molar refractivity (Wildman–Crippen MR) is 108 cm³/mol. The van der Waals surface area contributed by atoms with Crippen molar-refractivity contribution in [2.24, 2.45) is 0 Å². The number of carbonyl (C=O) groups is 2. The SMILES string of the molecule is CN(C[C@@H]1COc2ccccc2O1)C(=O)Cn1cc(NC(=O)c2ccccn2)cn1. The molecule has 0 fully saturated rings. The lowest BCUT2D eigenvalue weighted by Crippen LogP contribution is -2.42. The van der Waals surface area contributed by atoms with Crippen LogP contribution in [0.15, 0.2) is 61.1 Å². The number of anilines is 1. The van der Waals surface area contributed by atoms with E-state index in [1.54, 1.807) is 42.5 Å². The van der Waals surface area contributed by atoms with E-state index in [0.29, 0.717) is 36.0 Å². The third kappa shape index (κ3) is 4.57. The molecule has 0 saturated heterocycles. The molecule has 1 N–H and O–H groups in total. The van der Waals surface area contributed by atoms with Crippen molar-refractivity contribution in [3.8, 4) is 11.5 Å². The number of likely N-dealkylation sites (N-methyl/N-ethyl adjacent to an activating group) is 1. The quantitative estimate of drug-likeness (QED) is 0.669. The summed E-state index contributed by atoms with van der Waals surface area (Å²) in [6.45, 7) is 0.804. The van der Waals surface area contributed by atoms with Gasteiger partial charge >= 0.3 is 0 Å². The summed E-state index contributed by atoms with van der Waals surface area (Å²) >= 11 is 0. The number of rotatable bonds is 6. The van der Waals surface area contributed by atoms with Crippen LogP contribution in [0.1, 0.15) is 10.5 Å². The van der Waals surface area contributed by atoms with E-state index >= 15 is 0 Å². The number of hydrogen-bond donors (Lipinski definition) is 1. The number of nitrogens with one attached hydrogen (secondary N) is 1. The Bertz CT molecular complexity index is 1040. The van der Waals surface area contributed by atoms with Crippen LogP contribution in [-0.2, 0) is 11.3 Å². The molecule has 0 bridgehead atoms. The van der Waals surface area contributed by atoms with Crippen LogP contribution >= 0.6 is 0 Å². The molecule has 0 saturated carbocycles. The van der Waals surface area contributed by atoms with Gasteiger partial charge in [0.05, 0.1) is 18.4 Å². The van der Waals surface area contributed by atoms with Gasteiger partial charge in [-0.3, -0.25) is 19.3 Å². The van der Waals surface area contributed by atoms with E-state index in [0.717, 1.165) is 0 Å². The summed E-state index contributed by atoms with van der Waals surface area (Å²) in [5.74, 6) is 0.908. The Morgan fingerprint density at radius 1 is 1.20 bits per heavy atom. The number of para-hydroxylation sites is 2. The van der Waals surface area contributed by atoms with Crippen LogP contribution in [0.4, 0.5) is 5.69 Å². The summed E-state index contributed by atoms with van der Waals surface area (Å²) in [4.78, 5) is 30.3. The summed E-state index contributed by atoms with van der Waals surface area (Å²) < 4.78 is 13.1. The van der Waals surface area contributed by atoms with E-state index in [1.807, 2.05) is 24.3 Å². The zero-order valence-corrected chi connectivity index (χ0v) is 16.4. The molecule has 154 valence electrons. The number of pyridine rings is 1. The van der Waals surface area contributed by atoms with Gasteiger partial charge in [-0.25, -0.2) is 0 Å². The predicted octanol–water partition coefficient (Wildman–Crippen LogP) is 1.83. The molecule has 4 rings (SSSR count). The van der Waals surface area contributed by atoms with Crippen molar-refractivity contribution in [1.29, 1.82) is 0 Å². The number of hydrogen-bond acceptors (Lipinski definition) is 6. The van der Waals surface area contributed by atoms with Crippen LogP contribution in [0.3, 0.4) is 0 Å². The number of carbonyl (C=O) groups excluding carboxylic acids is 2. The first-order valence-corrected chi connectivity index (χ1v) is 9.46. The van der Waals surface area contributed by atoms with Gasteiger partial charge in [-0.2, -0.15) is 5.10 Å². The van der Waals surface area contributed by atoms with E-state index in [-0.39, 0.29) is 24.5 Å². The highest BCUT2D eigenvalue weighted by molar-refractivity contribution is 6.02. The Morgan fingerprint density at radius 3 is 2.80 bits per heavy atom. The first-order valence-electron chi connectivity index (χ1n) is 9.46. The van der Waals surface area contributed by atoms with E-state index in [1.165, 1.54) is 10.9 Å².